The van der Waals surface area contributed by atoms with Crippen molar-refractivity contribution in [1.82, 2.24) is 14.1 Å². The molecule has 0 atom stereocenters. The topological polar surface area (TPSA) is 56.9 Å². The van der Waals surface area contributed by atoms with E-state index < -0.39 is 0 Å². The summed E-state index contributed by atoms with van der Waals surface area (Å²) >= 11 is 2.81. The number of nitrogens with zero attached hydrogens (tertiary/aromatic N) is 3. The Bertz CT molecular complexity index is 1660. The Morgan fingerprint density at radius 1 is 1.03 bits per heavy atom. The molecule has 0 saturated heterocycles. The zero-order chi connectivity index (χ0) is 26.6. The lowest BCUT2D eigenvalue weighted by atomic mass is 10.1. The average molecular weight is 540 g/mol. The van der Waals surface area contributed by atoms with Crippen molar-refractivity contribution in [3.8, 4) is 10.4 Å². The normalized spacial score (nSPS) is 11.2. The summed E-state index contributed by atoms with van der Waals surface area (Å²) in [4.78, 5) is 33.2. The first-order chi connectivity index (χ1) is 18.5. The summed E-state index contributed by atoms with van der Waals surface area (Å²) in [6, 6.07) is 24.2. The lowest BCUT2D eigenvalue weighted by Crippen LogP contribution is -2.22. The highest BCUT2D eigenvalue weighted by Gasteiger charge is 2.19. The van der Waals surface area contributed by atoms with Crippen LogP contribution in [0.25, 0.3) is 20.7 Å². The number of carbonyl (C=O) groups is 1. The van der Waals surface area contributed by atoms with Crippen LogP contribution in [0.1, 0.15) is 27.3 Å². The molecule has 3 aromatic heterocycles. The average Bonchev–Trinajstić information content (AvgIpc) is 3.49. The van der Waals surface area contributed by atoms with Crippen LogP contribution in [0.15, 0.2) is 95.4 Å². The molecule has 5 aromatic rings. The van der Waals surface area contributed by atoms with Gasteiger partial charge in [-0.15, -0.1) is 17.9 Å². The second-order valence-corrected chi connectivity index (χ2v) is 11.2. The SMILES string of the molecule is C=CCn1c(SCC(=O)c2cc(C)n(CCc3ccccc3)c2C)nc2sc(-c3ccccc3)cc2c1=O. The molecule has 2 aromatic carbocycles. The smallest absolute Gasteiger partial charge is 0.263 e. The van der Waals surface area contributed by atoms with Crippen LogP contribution in [0.2, 0.25) is 0 Å². The molecule has 0 saturated carbocycles. The van der Waals surface area contributed by atoms with Crippen LogP contribution in [-0.4, -0.2) is 25.7 Å². The third kappa shape index (κ3) is 5.30. The first-order valence-electron chi connectivity index (χ1n) is 12.5. The largest absolute Gasteiger partial charge is 0.348 e. The van der Waals surface area contributed by atoms with Crippen molar-refractivity contribution >= 4 is 39.1 Å². The van der Waals surface area contributed by atoms with E-state index >= 15 is 0 Å². The van der Waals surface area contributed by atoms with Gasteiger partial charge in [-0.25, -0.2) is 4.98 Å². The lowest BCUT2D eigenvalue weighted by molar-refractivity contribution is 0.102. The van der Waals surface area contributed by atoms with E-state index in [4.69, 9.17) is 4.98 Å². The number of rotatable bonds is 10. The monoisotopic (exact) mass is 539 g/mol. The Kier molecular flexibility index (Phi) is 7.77. The predicted molar refractivity (Wildman–Crippen MR) is 159 cm³/mol. The van der Waals surface area contributed by atoms with E-state index in [1.165, 1.54) is 28.7 Å². The van der Waals surface area contributed by atoms with Gasteiger partial charge in [-0.05, 0) is 43.5 Å². The molecule has 0 bridgehead atoms. The summed E-state index contributed by atoms with van der Waals surface area (Å²) in [6.45, 7) is 9.02. The fourth-order valence-electron chi connectivity index (χ4n) is 4.66. The minimum Gasteiger partial charge on any atom is -0.348 e. The third-order valence-electron chi connectivity index (χ3n) is 6.66. The fourth-order valence-corrected chi connectivity index (χ4v) is 6.63. The molecule has 0 amide bonds. The second kappa shape index (κ2) is 11.4. The number of aromatic nitrogens is 3. The van der Waals surface area contributed by atoms with Gasteiger partial charge in [-0.2, -0.15) is 0 Å². The van der Waals surface area contributed by atoms with Crippen molar-refractivity contribution in [2.24, 2.45) is 0 Å². The number of aryl methyl sites for hydroxylation is 2. The molecule has 0 unspecified atom stereocenters. The number of Topliss-reactive ketones (excluding diaryl/α,β-unsaturated/α-hetero) is 1. The van der Waals surface area contributed by atoms with Crippen molar-refractivity contribution in [1.29, 1.82) is 0 Å². The molecule has 0 fully saturated rings. The number of hydrogen-bond donors (Lipinski definition) is 0. The number of hydrogen-bond acceptors (Lipinski definition) is 5. The number of allylic oxidation sites excluding steroid dienone is 1. The molecule has 0 spiro atoms. The fraction of sp³-hybridized carbons (Fsp3) is 0.194. The Hall–Kier alpha value is -3.68. The molecule has 3 heterocycles. The van der Waals surface area contributed by atoms with Gasteiger partial charge in [-0.1, -0.05) is 78.5 Å². The van der Waals surface area contributed by atoms with Crippen LogP contribution in [-0.2, 0) is 19.5 Å². The van der Waals surface area contributed by atoms with Gasteiger partial charge < -0.3 is 4.57 Å². The van der Waals surface area contributed by atoms with Gasteiger partial charge in [0.05, 0.1) is 11.1 Å². The summed E-state index contributed by atoms with van der Waals surface area (Å²) in [5.41, 5.74) is 4.99. The number of fused-ring (bicyclic) bond motifs is 1. The Labute approximate surface area is 230 Å². The highest BCUT2D eigenvalue weighted by molar-refractivity contribution is 7.99. The van der Waals surface area contributed by atoms with Gasteiger partial charge in [-0.3, -0.25) is 14.2 Å². The quantitative estimate of drug-likeness (QED) is 0.0834. The maximum atomic E-state index is 13.4. The van der Waals surface area contributed by atoms with Crippen LogP contribution in [0.3, 0.4) is 0 Å². The molecule has 7 heteroatoms. The molecule has 192 valence electrons. The first-order valence-corrected chi connectivity index (χ1v) is 14.3. The summed E-state index contributed by atoms with van der Waals surface area (Å²) in [5, 5.41) is 1.13. The molecule has 0 N–H and O–H groups in total. The number of thiophene rings is 1. The maximum absolute atomic E-state index is 13.4. The third-order valence-corrected chi connectivity index (χ3v) is 8.71. The van der Waals surface area contributed by atoms with Gasteiger partial charge >= 0.3 is 0 Å². The predicted octanol–water partition coefficient (Wildman–Crippen LogP) is 6.95. The van der Waals surface area contributed by atoms with Gasteiger partial charge in [0.2, 0.25) is 0 Å². The first kappa shape index (κ1) is 25.9. The van der Waals surface area contributed by atoms with E-state index in [9.17, 15) is 9.59 Å². The van der Waals surface area contributed by atoms with Crippen LogP contribution < -0.4 is 5.56 Å². The Morgan fingerprint density at radius 3 is 2.45 bits per heavy atom. The van der Waals surface area contributed by atoms with Gasteiger partial charge in [0.1, 0.15) is 4.83 Å². The van der Waals surface area contributed by atoms with Gasteiger partial charge in [0.15, 0.2) is 10.9 Å². The summed E-state index contributed by atoms with van der Waals surface area (Å²) in [6.07, 6.45) is 2.59. The van der Waals surface area contributed by atoms with E-state index in [-0.39, 0.29) is 17.1 Å². The molecule has 5 nitrogen and oxygen atoms in total. The van der Waals surface area contributed by atoms with E-state index in [1.54, 1.807) is 10.6 Å². The van der Waals surface area contributed by atoms with Crippen molar-refractivity contribution in [3.63, 3.8) is 0 Å². The van der Waals surface area contributed by atoms with Crippen molar-refractivity contribution in [2.45, 2.75) is 38.5 Å². The molecule has 0 aliphatic heterocycles. The molecular formula is C31H29N3O2S2. The van der Waals surface area contributed by atoms with E-state index in [2.05, 4.69) is 23.3 Å². The van der Waals surface area contributed by atoms with Crippen LogP contribution >= 0.6 is 23.1 Å². The highest BCUT2D eigenvalue weighted by Crippen LogP contribution is 2.32. The van der Waals surface area contributed by atoms with Crippen LogP contribution in [0.5, 0.6) is 0 Å². The standard InChI is InChI=1S/C31H29N3O2S2/c1-4-16-34-30(36)26-19-28(24-13-9-6-10-14-24)38-29(26)32-31(34)37-20-27(35)25-18-21(2)33(22(25)3)17-15-23-11-7-5-8-12-23/h4-14,18-19H,1,15-17,20H2,2-3H3. The van der Waals surface area contributed by atoms with Gasteiger partial charge in [0.25, 0.3) is 5.56 Å². The van der Waals surface area contributed by atoms with Gasteiger partial charge in [0, 0.05) is 34.9 Å². The summed E-state index contributed by atoms with van der Waals surface area (Å²) in [5.74, 6) is 0.236. The van der Waals surface area contributed by atoms with Crippen LogP contribution in [0, 0.1) is 13.8 Å². The number of thioether (sulfide) groups is 1. The zero-order valence-electron chi connectivity index (χ0n) is 21.5. The minimum atomic E-state index is -0.109. The Balaban J connectivity index is 1.38. The minimum absolute atomic E-state index is 0.0321. The van der Waals surface area contributed by atoms with Crippen LogP contribution in [0.4, 0.5) is 0 Å². The number of benzene rings is 2. The Morgan fingerprint density at radius 2 is 1.74 bits per heavy atom. The van der Waals surface area contributed by atoms with E-state index in [0.29, 0.717) is 21.9 Å². The molecule has 5 rings (SSSR count). The molecule has 0 radical (unpaired) electrons. The lowest BCUT2D eigenvalue weighted by Gasteiger charge is -2.11. The zero-order valence-corrected chi connectivity index (χ0v) is 23.1. The molecule has 38 heavy (non-hydrogen) atoms. The van der Waals surface area contributed by atoms with E-state index in [0.717, 1.165) is 40.4 Å². The maximum Gasteiger partial charge on any atom is 0.263 e. The van der Waals surface area contributed by atoms with Crippen molar-refractivity contribution < 1.29 is 4.79 Å². The summed E-state index contributed by atoms with van der Waals surface area (Å²) < 4.78 is 3.82. The summed E-state index contributed by atoms with van der Waals surface area (Å²) in [7, 11) is 0. The number of ketones is 1. The molecule has 0 aliphatic rings. The molecule has 0 aliphatic carbocycles. The second-order valence-electron chi connectivity index (χ2n) is 9.18. The van der Waals surface area contributed by atoms with E-state index in [1.807, 2.05) is 74.5 Å². The highest BCUT2D eigenvalue weighted by atomic mass is 32.2. The van der Waals surface area contributed by atoms with Crippen molar-refractivity contribution in [2.75, 3.05) is 5.75 Å². The van der Waals surface area contributed by atoms with Crippen molar-refractivity contribution in [3.05, 3.63) is 118 Å². The molecular weight excluding hydrogens is 510 g/mol. The number of carbonyl (C=O) groups excluding carboxylic acids is 1.